The summed E-state index contributed by atoms with van der Waals surface area (Å²) in [6.45, 7) is 1.93. The normalized spacial score (nSPS) is 19.1. The molecule has 8 heteroatoms. The van der Waals surface area contributed by atoms with Crippen molar-refractivity contribution in [3.8, 4) is 16.9 Å². The topological polar surface area (TPSA) is 93.6 Å². The number of amides is 1. The van der Waals surface area contributed by atoms with Crippen LogP contribution >= 0.6 is 0 Å². The Morgan fingerprint density at radius 1 is 1.06 bits per heavy atom. The van der Waals surface area contributed by atoms with Crippen LogP contribution in [0, 0.1) is 0 Å². The lowest BCUT2D eigenvalue weighted by Gasteiger charge is -2.34. The van der Waals surface area contributed by atoms with Crippen LogP contribution in [0.15, 0.2) is 54.6 Å². The summed E-state index contributed by atoms with van der Waals surface area (Å²) >= 11 is 0. The molecule has 3 aromatic carbocycles. The average molecular weight is 483 g/mol. The fourth-order valence-electron chi connectivity index (χ4n) is 5.42. The second-order valence-electron chi connectivity index (χ2n) is 10.0. The van der Waals surface area contributed by atoms with E-state index in [1.54, 1.807) is 31.1 Å². The van der Waals surface area contributed by atoms with Gasteiger partial charge < -0.3 is 25.5 Å². The number of phenols is 1. The summed E-state index contributed by atoms with van der Waals surface area (Å²) in [5, 5.41) is 20.2. The zero-order chi connectivity index (χ0) is 24.8. The number of benzene rings is 3. The Bertz CT molecular complexity index is 1460. The molecule has 4 aromatic rings. The van der Waals surface area contributed by atoms with E-state index in [0.29, 0.717) is 18.0 Å². The number of aromatic nitrogens is 2. The van der Waals surface area contributed by atoms with Crippen molar-refractivity contribution in [3.05, 3.63) is 54.6 Å². The van der Waals surface area contributed by atoms with Gasteiger partial charge in [0.05, 0.1) is 12.1 Å². The van der Waals surface area contributed by atoms with Gasteiger partial charge in [0.25, 0.3) is 0 Å². The SMILES string of the molecule is CN(C)C(=O)CNc1nc(N2C[C@H]3CC[C@@H](C2)N3)c2ccc(-c3cc(O)cc4ccccc34)cc2n1. The Balaban J connectivity index is 1.46. The molecule has 0 aliphatic carbocycles. The molecule has 2 aliphatic rings. The van der Waals surface area contributed by atoms with Crippen LogP contribution in [0.4, 0.5) is 11.8 Å². The van der Waals surface area contributed by atoms with Gasteiger partial charge in [0, 0.05) is 44.7 Å². The number of carbonyl (C=O) groups is 1. The lowest BCUT2D eigenvalue weighted by molar-refractivity contribution is -0.126. The van der Waals surface area contributed by atoms with Crippen LogP contribution in [-0.4, -0.2) is 71.7 Å². The number of nitrogens with one attached hydrogen (secondary N) is 2. The first kappa shape index (κ1) is 22.5. The zero-order valence-corrected chi connectivity index (χ0v) is 20.5. The van der Waals surface area contributed by atoms with E-state index in [0.717, 1.165) is 51.7 Å². The third kappa shape index (κ3) is 4.18. The smallest absolute Gasteiger partial charge is 0.241 e. The predicted octanol–water partition coefficient (Wildman–Crippen LogP) is 3.60. The first-order chi connectivity index (χ1) is 17.4. The van der Waals surface area contributed by atoms with Crippen molar-refractivity contribution in [1.29, 1.82) is 0 Å². The number of phenolic OH excluding ortho intramolecular Hbond substituents is 1. The summed E-state index contributed by atoms with van der Waals surface area (Å²) < 4.78 is 0. The van der Waals surface area contributed by atoms with Crippen molar-refractivity contribution in [2.75, 3.05) is 43.9 Å². The zero-order valence-electron chi connectivity index (χ0n) is 20.5. The first-order valence-corrected chi connectivity index (χ1v) is 12.4. The van der Waals surface area contributed by atoms with Gasteiger partial charge >= 0.3 is 0 Å². The van der Waals surface area contributed by atoms with Gasteiger partial charge in [0.2, 0.25) is 11.9 Å². The molecule has 184 valence electrons. The summed E-state index contributed by atoms with van der Waals surface area (Å²) in [5.41, 5.74) is 2.72. The van der Waals surface area contributed by atoms with Crippen molar-refractivity contribution in [3.63, 3.8) is 0 Å². The van der Waals surface area contributed by atoms with Crippen molar-refractivity contribution in [2.45, 2.75) is 24.9 Å². The molecule has 8 nitrogen and oxygen atoms in total. The van der Waals surface area contributed by atoms with E-state index in [2.05, 4.69) is 39.8 Å². The van der Waals surface area contributed by atoms with Gasteiger partial charge in [-0.2, -0.15) is 4.98 Å². The van der Waals surface area contributed by atoms with Gasteiger partial charge in [-0.15, -0.1) is 0 Å². The fourth-order valence-corrected chi connectivity index (χ4v) is 5.42. The van der Waals surface area contributed by atoms with Crippen molar-refractivity contribution >= 4 is 39.3 Å². The second-order valence-corrected chi connectivity index (χ2v) is 10.0. The van der Waals surface area contributed by atoms with E-state index in [-0.39, 0.29) is 18.2 Å². The highest BCUT2D eigenvalue weighted by Gasteiger charge is 2.33. The number of nitrogens with zero attached hydrogens (tertiary/aromatic N) is 4. The Hall–Kier alpha value is -3.91. The largest absolute Gasteiger partial charge is 0.508 e. The van der Waals surface area contributed by atoms with E-state index in [1.807, 2.05) is 18.2 Å². The van der Waals surface area contributed by atoms with E-state index in [9.17, 15) is 9.90 Å². The summed E-state index contributed by atoms with van der Waals surface area (Å²) in [6.07, 6.45) is 2.36. The van der Waals surface area contributed by atoms with Gasteiger partial charge in [-0.05, 0) is 59.0 Å². The molecule has 0 saturated carbocycles. The fraction of sp³-hybridized carbons (Fsp3) is 0.321. The maximum atomic E-state index is 12.2. The number of anilines is 2. The molecule has 0 spiro atoms. The average Bonchev–Trinajstić information content (AvgIpc) is 3.22. The summed E-state index contributed by atoms with van der Waals surface area (Å²) in [7, 11) is 3.47. The molecule has 0 radical (unpaired) electrons. The highest BCUT2D eigenvalue weighted by atomic mass is 16.3. The van der Waals surface area contributed by atoms with E-state index in [1.165, 1.54) is 12.8 Å². The van der Waals surface area contributed by atoms with Crippen molar-refractivity contribution in [2.24, 2.45) is 0 Å². The van der Waals surface area contributed by atoms with E-state index < -0.39 is 0 Å². The molecule has 2 bridgehead atoms. The molecule has 1 amide bonds. The Morgan fingerprint density at radius 2 is 1.83 bits per heavy atom. The third-order valence-electron chi connectivity index (χ3n) is 7.25. The van der Waals surface area contributed by atoms with Crippen molar-refractivity contribution < 1.29 is 9.90 Å². The van der Waals surface area contributed by atoms with Crippen LogP contribution in [0.3, 0.4) is 0 Å². The summed E-state index contributed by atoms with van der Waals surface area (Å²) in [4.78, 5) is 25.8. The van der Waals surface area contributed by atoms with Crippen molar-refractivity contribution in [1.82, 2.24) is 20.2 Å². The highest BCUT2D eigenvalue weighted by molar-refractivity contribution is 6.01. The maximum Gasteiger partial charge on any atom is 0.241 e. The molecule has 36 heavy (non-hydrogen) atoms. The quantitative estimate of drug-likeness (QED) is 0.400. The minimum absolute atomic E-state index is 0.0413. The number of likely N-dealkylation sites (N-methyl/N-ethyl adjacent to an activating group) is 1. The number of rotatable bonds is 5. The van der Waals surface area contributed by atoms with Crippen LogP contribution in [0.25, 0.3) is 32.8 Å². The lowest BCUT2D eigenvalue weighted by Crippen LogP contribution is -2.51. The molecule has 3 heterocycles. The van der Waals surface area contributed by atoms with Crippen LogP contribution in [-0.2, 0) is 4.79 Å². The van der Waals surface area contributed by atoms with E-state index >= 15 is 0 Å². The molecule has 3 N–H and O–H groups in total. The molecule has 2 atom stereocenters. The monoisotopic (exact) mass is 482 g/mol. The van der Waals surface area contributed by atoms with Crippen LogP contribution < -0.4 is 15.5 Å². The molecule has 6 rings (SSSR count). The van der Waals surface area contributed by atoms with Gasteiger partial charge in [-0.25, -0.2) is 4.98 Å². The first-order valence-electron chi connectivity index (χ1n) is 12.4. The molecule has 2 saturated heterocycles. The highest BCUT2D eigenvalue weighted by Crippen LogP contribution is 2.36. The van der Waals surface area contributed by atoms with Crippen LogP contribution in [0.2, 0.25) is 0 Å². The molecular weight excluding hydrogens is 452 g/mol. The van der Waals surface area contributed by atoms with Crippen LogP contribution in [0.1, 0.15) is 12.8 Å². The number of carbonyl (C=O) groups excluding carboxylic acids is 1. The molecule has 1 aromatic heterocycles. The standard InChI is InChI=1S/C28H30N6O2/c1-33(2)26(36)14-29-28-31-25-12-18(24-13-21(35)11-17-5-3-4-6-22(17)24)7-10-23(25)27(32-28)34-15-19-8-9-20(16-34)30-19/h3-7,10-13,19-20,30,35H,8-9,14-16H2,1-2H3,(H,29,31,32)/t19-,20+. The molecular formula is C28H30N6O2. The number of fused-ring (bicyclic) bond motifs is 4. The van der Waals surface area contributed by atoms with Gasteiger partial charge in [0.1, 0.15) is 11.6 Å². The number of aromatic hydroxyl groups is 1. The number of piperazine rings is 1. The third-order valence-corrected chi connectivity index (χ3v) is 7.25. The Kier molecular flexibility index (Phi) is 5.60. The number of hydrogen-bond acceptors (Lipinski definition) is 7. The van der Waals surface area contributed by atoms with Gasteiger partial charge in [0.15, 0.2) is 0 Å². The van der Waals surface area contributed by atoms with E-state index in [4.69, 9.17) is 9.97 Å². The molecule has 2 aliphatic heterocycles. The van der Waals surface area contributed by atoms with Crippen LogP contribution in [0.5, 0.6) is 5.75 Å². The lowest BCUT2D eigenvalue weighted by atomic mass is 9.97. The minimum Gasteiger partial charge on any atom is -0.508 e. The minimum atomic E-state index is -0.0413. The Labute approximate surface area is 210 Å². The molecule has 0 unspecified atom stereocenters. The Morgan fingerprint density at radius 3 is 2.61 bits per heavy atom. The predicted molar refractivity (Wildman–Crippen MR) is 143 cm³/mol. The van der Waals surface area contributed by atoms with Gasteiger partial charge in [-0.3, -0.25) is 4.79 Å². The summed E-state index contributed by atoms with van der Waals surface area (Å²) in [6, 6.07) is 18.8. The number of hydrogen-bond donors (Lipinski definition) is 3. The second kappa shape index (κ2) is 8.95. The molecule has 2 fully saturated rings. The summed E-state index contributed by atoms with van der Waals surface area (Å²) in [5.74, 6) is 1.52. The van der Waals surface area contributed by atoms with Gasteiger partial charge in [-0.1, -0.05) is 30.3 Å². The maximum absolute atomic E-state index is 12.2.